The SMILES string of the molecule is CCOC(=O)c1c(-n2ccnn2)[nH]n2c(=O)c(C(C)(C)C)nnc12. The minimum absolute atomic E-state index is 0.0763. The van der Waals surface area contributed by atoms with Gasteiger partial charge in [-0.25, -0.2) is 9.48 Å². The number of carbonyl (C=O) groups excluding carboxylic acids is 1. The summed E-state index contributed by atoms with van der Waals surface area (Å²) >= 11 is 0. The van der Waals surface area contributed by atoms with E-state index in [2.05, 4.69) is 25.6 Å². The number of hydrogen-bond acceptors (Lipinski definition) is 7. The van der Waals surface area contributed by atoms with Gasteiger partial charge in [-0.3, -0.25) is 9.89 Å². The molecule has 126 valence electrons. The highest BCUT2D eigenvalue weighted by atomic mass is 16.5. The van der Waals surface area contributed by atoms with Gasteiger partial charge in [0, 0.05) is 5.41 Å². The van der Waals surface area contributed by atoms with Crippen molar-refractivity contribution in [3.63, 3.8) is 0 Å². The van der Waals surface area contributed by atoms with Crippen LogP contribution < -0.4 is 5.56 Å². The average molecular weight is 331 g/mol. The molecule has 24 heavy (non-hydrogen) atoms. The molecule has 10 heteroatoms. The molecule has 0 aliphatic rings. The Morgan fingerprint density at radius 3 is 2.67 bits per heavy atom. The molecule has 3 heterocycles. The maximum atomic E-state index is 12.7. The van der Waals surface area contributed by atoms with Gasteiger partial charge in [0.2, 0.25) is 0 Å². The molecule has 0 aromatic carbocycles. The second-order valence-electron chi connectivity index (χ2n) is 6.17. The molecule has 10 nitrogen and oxygen atoms in total. The second kappa shape index (κ2) is 5.55. The molecule has 0 aliphatic carbocycles. The second-order valence-corrected chi connectivity index (χ2v) is 6.17. The first-order valence-electron chi connectivity index (χ1n) is 7.40. The quantitative estimate of drug-likeness (QED) is 0.693. The van der Waals surface area contributed by atoms with Gasteiger partial charge in [-0.05, 0) is 6.92 Å². The maximum absolute atomic E-state index is 12.7. The highest BCUT2D eigenvalue weighted by Gasteiger charge is 2.28. The fraction of sp³-hybridized carbons (Fsp3) is 0.429. The molecule has 0 atom stereocenters. The Hall–Kier alpha value is -3.04. The smallest absolute Gasteiger partial charge is 0.345 e. The highest BCUT2D eigenvalue weighted by molar-refractivity contribution is 5.99. The van der Waals surface area contributed by atoms with E-state index in [9.17, 15) is 9.59 Å². The number of hydrogen-bond donors (Lipinski definition) is 1. The van der Waals surface area contributed by atoms with Crippen LogP contribution in [0.15, 0.2) is 17.2 Å². The Bertz CT molecular complexity index is 947. The van der Waals surface area contributed by atoms with Gasteiger partial charge in [0.1, 0.15) is 5.69 Å². The third-order valence-electron chi connectivity index (χ3n) is 3.38. The van der Waals surface area contributed by atoms with Gasteiger partial charge in [-0.15, -0.1) is 15.3 Å². The fourth-order valence-electron chi connectivity index (χ4n) is 2.28. The van der Waals surface area contributed by atoms with Gasteiger partial charge in [0.15, 0.2) is 17.0 Å². The molecule has 0 aliphatic heterocycles. The lowest BCUT2D eigenvalue weighted by Gasteiger charge is -2.15. The van der Waals surface area contributed by atoms with Crippen LogP contribution in [0.2, 0.25) is 0 Å². The monoisotopic (exact) mass is 331 g/mol. The fourth-order valence-corrected chi connectivity index (χ4v) is 2.28. The maximum Gasteiger partial charge on any atom is 0.345 e. The lowest BCUT2D eigenvalue weighted by atomic mass is 9.93. The largest absolute Gasteiger partial charge is 0.462 e. The molecular formula is C14H17N7O3. The number of nitrogens with zero attached hydrogens (tertiary/aromatic N) is 6. The summed E-state index contributed by atoms with van der Waals surface area (Å²) in [6.45, 7) is 7.46. The predicted molar refractivity (Wildman–Crippen MR) is 83.2 cm³/mol. The average Bonchev–Trinajstić information content (AvgIpc) is 3.13. The van der Waals surface area contributed by atoms with E-state index in [0.29, 0.717) is 0 Å². The normalized spacial score (nSPS) is 11.8. The van der Waals surface area contributed by atoms with Crippen molar-refractivity contribution in [2.45, 2.75) is 33.1 Å². The van der Waals surface area contributed by atoms with E-state index in [1.807, 2.05) is 20.8 Å². The number of nitrogens with one attached hydrogen (secondary N) is 1. The summed E-state index contributed by atoms with van der Waals surface area (Å²) in [4.78, 5) is 25.1. The van der Waals surface area contributed by atoms with Crippen molar-refractivity contribution in [2.75, 3.05) is 6.61 Å². The molecule has 1 N–H and O–H groups in total. The summed E-state index contributed by atoms with van der Waals surface area (Å²) in [6.07, 6.45) is 2.99. The molecule has 0 radical (unpaired) electrons. The lowest BCUT2D eigenvalue weighted by molar-refractivity contribution is 0.0528. The first-order valence-corrected chi connectivity index (χ1v) is 7.40. The Morgan fingerprint density at radius 1 is 1.33 bits per heavy atom. The van der Waals surface area contributed by atoms with Gasteiger partial charge in [0.25, 0.3) is 5.56 Å². The highest BCUT2D eigenvalue weighted by Crippen LogP contribution is 2.20. The number of H-pyrrole nitrogens is 1. The third-order valence-corrected chi connectivity index (χ3v) is 3.38. The van der Waals surface area contributed by atoms with Crippen molar-refractivity contribution in [3.05, 3.63) is 34.0 Å². The van der Waals surface area contributed by atoms with E-state index in [1.54, 1.807) is 6.92 Å². The van der Waals surface area contributed by atoms with Gasteiger partial charge in [0.05, 0.1) is 19.0 Å². The summed E-state index contributed by atoms with van der Waals surface area (Å²) < 4.78 is 7.57. The van der Waals surface area contributed by atoms with Crippen LogP contribution in [0.25, 0.3) is 11.5 Å². The third kappa shape index (κ3) is 2.45. The van der Waals surface area contributed by atoms with Crippen LogP contribution in [0.4, 0.5) is 0 Å². The molecule has 3 aromatic rings. The van der Waals surface area contributed by atoms with Crippen molar-refractivity contribution < 1.29 is 9.53 Å². The Kier molecular flexibility index (Phi) is 3.66. The van der Waals surface area contributed by atoms with E-state index >= 15 is 0 Å². The van der Waals surface area contributed by atoms with Gasteiger partial charge >= 0.3 is 5.97 Å². The molecule has 3 rings (SSSR count). The van der Waals surface area contributed by atoms with E-state index in [1.165, 1.54) is 21.6 Å². The zero-order valence-corrected chi connectivity index (χ0v) is 13.8. The predicted octanol–water partition coefficient (Wildman–Crippen LogP) is 0.472. The Morgan fingerprint density at radius 2 is 2.08 bits per heavy atom. The van der Waals surface area contributed by atoms with Crippen LogP contribution >= 0.6 is 0 Å². The lowest BCUT2D eigenvalue weighted by Crippen LogP contribution is -2.30. The minimum atomic E-state index is -0.626. The first kappa shape index (κ1) is 15.8. The van der Waals surface area contributed by atoms with Crippen LogP contribution in [-0.4, -0.2) is 47.4 Å². The topological polar surface area (TPSA) is 120 Å². The molecule has 0 bridgehead atoms. The Balaban J connectivity index is 2.34. The number of ether oxygens (including phenoxy) is 1. The molecular weight excluding hydrogens is 314 g/mol. The van der Waals surface area contributed by atoms with Crippen LogP contribution in [0.3, 0.4) is 0 Å². The van der Waals surface area contributed by atoms with Gasteiger partial charge in [-0.1, -0.05) is 26.0 Å². The zero-order chi connectivity index (χ0) is 17.5. The summed E-state index contributed by atoms with van der Waals surface area (Å²) in [6, 6.07) is 0. The molecule has 0 saturated carbocycles. The zero-order valence-electron chi connectivity index (χ0n) is 13.8. The number of esters is 1. The van der Waals surface area contributed by atoms with E-state index < -0.39 is 11.4 Å². The van der Waals surface area contributed by atoms with E-state index in [-0.39, 0.29) is 34.9 Å². The minimum Gasteiger partial charge on any atom is -0.462 e. The number of aromatic amines is 1. The molecule has 0 unspecified atom stereocenters. The van der Waals surface area contributed by atoms with Crippen molar-refractivity contribution in [2.24, 2.45) is 0 Å². The first-order chi connectivity index (χ1) is 11.3. The standard InChI is InChI=1S/C14H17N7O3/c1-5-24-13(23)8-10-17-16-9(14(2,3)4)12(22)21(10)18-11(8)20-7-6-15-19-20/h6-7,18H,5H2,1-4H3. The van der Waals surface area contributed by atoms with Crippen molar-refractivity contribution in [1.29, 1.82) is 0 Å². The van der Waals surface area contributed by atoms with E-state index in [0.717, 1.165) is 0 Å². The molecule has 3 aromatic heterocycles. The van der Waals surface area contributed by atoms with Crippen LogP contribution in [0.5, 0.6) is 0 Å². The summed E-state index contributed by atoms with van der Waals surface area (Å²) in [7, 11) is 0. The van der Waals surface area contributed by atoms with Crippen LogP contribution in [-0.2, 0) is 10.2 Å². The van der Waals surface area contributed by atoms with Crippen molar-refractivity contribution in [3.8, 4) is 5.82 Å². The number of rotatable bonds is 3. The van der Waals surface area contributed by atoms with Crippen molar-refractivity contribution >= 4 is 11.6 Å². The number of carbonyl (C=O) groups is 1. The molecule has 0 spiro atoms. The number of fused-ring (bicyclic) bond motifs is 1. The van der Waals surface area contributed by atoms with Crippen LogP contribution in [0.1, 0.15) is 43.7 Å². The molecule has 0 fully saturated rings. The number of aromatic nitrogens is 7. The molecule has 0 amide bonds. The van der Waals surface area contributed by atoms with E-state index in [4.69, 9.17) is 4.74 Å². The van der Waals surface area contributed by atoms with Gasteiger partial charge < -0.3 is 4.74 Å². The summed E-state index contributed by atoms with van der Waals surface area (Å²) in [5, 5.41) is 18.5. The summed E-state index contributed by atoms with van der Waals surface area (Å²) in [5.41, 5.74) is -0.441. The molecule has 0 saturated heterocycles. The van der Waals surface area contributed by atoms with Gasteiger partial charge in [-0.2, -0.15) is 4.52 Å². The van der Waals surface area contributed by atoms with Crippen molar-refractivity contribution in [1.82, 2.24) is 34.8 Å². The summed E-state index contributed by atoms with van der Waals surface area (Å²) in [5.74, 6) is -0.387. The Labute approximate surface area is 136 Å². The van der Waals surface area contributed by atoms with Crippen LogP contribution in [0, 0.1) is 0 Å².